The number of benzene rings is 1. The van der Waals surface area contributed by atoms with Gasteiger partial charge in [-0.05, 0) is 55.4 Å². The van der Waals surface area contributed by atoms with Crippen LogP contribution in [0.25, 0.3) is 10.9 Å². The smallest absolute Gasteiger partial charge is 0.306 e. The summed E-state index contributed by atoms with van der Waals surface area (Å²) in [6.07, 6.45) is 5.18. The lowest BCUT2D eigenvalue weighted by atomic mass is 9.79. The highest BCUT2D eigenvalue weighted by Gasteiger charge is 2.27. The van der Waals surface area contributed by atoms with Crippen molar-refractivity contribution in [1.29, 1.82) is 0 Å². The van der Waals surface area contributed by atoms with Crippen LogP contribution < -0.4 is 0 Å². The molecule has 0 unspecified atom stereocenters. The van der Waals surface area contributed by atoms with Crippen LogP contribution in [0, 0.1) is 11.7 Å². The molecule has 2 N–H and O–H groups in total. The fraction of sp³-hybridized carbons (Fsp3) is 0.400. The molecule has 1 aromatic heterocycles. The van der Waals surface area contributed by atoms with Gasteiger partial charge in [-0.25, -0.2) is 4.39 Å². The van der Waals surface area contributed by atoms with E-state index in [1.54, 1.807) is 6.07 Å². The van der Waals surface area contributed by atoms with Crippen LogP contribution in [0.5, 0.6) is 0 Å². The van der Waals surface area contributed by atoms with Crippen LogP contribution in [-0.2, 0) is 4.79 Å². The first-order valence-electron chi connectivity index (χ1n) is 6.64. The van der Waals surface area contributed by atoms with Crippen molar-refractivity contribution in [1.82, 2.24) is 4.98 Å². The molecule has 0 aliphatic heterocycles. The van der Waals surface area contributed by atoms with Gasteiger partial charge in [0.25, 0.3) is 0 Å². The van der Waals surface area contributed by atoms with E-state index < -0.39 is 5.97 Å². The summed E-state index contributed by atoms with van der Waals surface area (Å²) in [5, 5.41) is 10.1. The van der Waals surface area contributed by atoms with Crippen LogP contribution in [-0.4, -0.2) is 16.1 Å². The summed E-state index contributed by atoms with van der Waals surface area (Å²) in [7, 11) is 0. The van der Waals surface area contributed by atoms with Crippen molar-refractivity contribution in [2.75, 3.05) is 0 Å². The number of rotatable bonds is 2. The van der Waals surface area contributed by atoms with Crippen molar-refractivity contribution in [2.24, 2.45) is 5.92 Å². The monoisotopic (exact) mass is 261 g/mol. The maximum Gasteiger partial charge on any atom is 0.306 e. The van der Waals surface area contributed by atoms with Crippen LogP contribution in [0.1, 0.15) is 37.2 Å². The zero-order valence-corrected chi connectivity index (χ0v) is 10.5. The van der Waals surface area contributed by atoms with E-state index in [1.165, 1.54) is 17.7 Å². The third-order valence-electron chi connectivity index (χ3n) is 4.19. The molecule has 0 saturated heterocycles. The molecule has 2 aromatic rings. The Morgan fingerprint density at radius 2 is 2.00 bits per heavy atom. The lowest BCUT2D eigenvalue weighted by Crippen LogP contribution is -2.20. The molecule has 0 bridgehead atoms. The predicted octanol–water partition coefficient (Wildman–Crippen LogP) is 3.67. The molecule has 3 nitrogen and oxygen atoms in total. The second kappa shape index (κ2) is 4.68. The molecule has 100 valence electrons. The molecule has 0 atom stereocenters. The Labute approximate surface area is 110 Å². The zero-order chi connectivity index (χ0) is 13.4. The fourth-order valence-corrected chi connectivity index (χ4v) is 3.11. The van der Waals surface area contributed by atoms with Gasteiger partial charge in [0.05, 0.1) is 5.92 Å². The number of aromatic nitrogens is 1. The van der Waals surface area contributed by atoms with Crippen LogP contribution in [0.2, 0.25) is 0 Å². The number of H-pyrrole nitrogens is 1. The Hall–Kier alpha value is -1.84. The number of carboxylic acid groups (broad SMARTS) is 1. The van der Waals surface area contributed by atoms with Gasteiger partial charge in [0.2, 0.25) is 0 Å². The molecule has 3 rings (SSSR count). The van der Waals surface area contributed by atoms with Gasteiger partial charge in [-0.2, -0.15) is 0 Å². The number of halogens is 1. The van der Waals surface area contributed by atoms with Crippen LogP contribution in [0.4, 0.5) is 4.39 Å². The SMILES string of the molecule is O=C(O)C1CCC(c2c[nH]c3cc(F)ccc23)CC1. The number of aliphatic carboxylic acids is 1. The summed E-state index contributed by atoms with van der Waals surface area (Å²) in [6.45, 7) is 0. The third-order valence-corrected chi connectivity index (χ3v) is 4.19. The summed E-state index contributed by atoms with van der Waals surface area (Å²) in [4.78, 5) is 14.1. The van der Waals surface area contributed by atoms with Gasteiger partial charge in [-0.15, -0.1) is 0 Å². The van der Waals surface area contributed by atoms with Gasteiger partial charge in [-0.3, -0.25) is 4.79 Å². The van der Waals surface area contributed by atoms with Gasteiger partial charge >= 0.3 is 5.97 Å². The van der Waals surface area contributed by atoms with Gasteiger partial charge in [0.1, 0.15) is 5.82 Å². The second-order valence-corrected chi connectivity index (χ2v) is 5.32. The number of nitrogens with one attached hydrogen (secondary N) is 1. The van der Waals surface area contributed by atoms with Gasteiger partial charge in [-0.1, -0.05) is 0 Å². The quantitative estimate of drug-likeness (QED) is 0.866. The Kier molecular flexibility index (Phi) is 3.01. The number of fused-ring (bicyclic) bond motifs is 1. The number of hydrogen-bond donors (Lipinski definition) is 2. The van der Waals surface area contributed by atoms with E-state index in [0.717, 1.165) is 36.6 Å². The summed E-state index contributed by atoms with van der Waals surface area (Å²) in [6, 6.07) is 4.78. The van der Waals surface area contributed by atoms with Gasteiger partial charge in [0.15, 0.2) is 0 Å². The van der Waals surface area contributed by atoms with Gasteiger partial charge in [0, 0.05) is 17.1 Å². The lowest BCUT2D eigenvalue weighted by molar-refractivity contribution is -0.142. The summed E-state index contributed by atoms with van der Waals surface area (Å²) < 4.78 is 13.1. The highest BCUT2D eigenvalue weighted by atomic mass is 19.1. The van der Waals surface area contributed by atoms with E-state index in [1.807, 2.05) is 6.20 Å². The maximum absolute atomic E-state index is 13.1. The Bertz CT molecular complexity index is 612. The van der Waals surface area contributed by atoms with Crippen molar-refractivity contribution in [2.45, 2.75) is 31.6 Å². The highest BCUT2D eigenvalue weighted by Crippen LogP contribution is 2.38. The van der Waals surface area contributed by atoms with Crippen molar-refractivity contribution >= 4 is 16.9 Å². The number of hydrogen-bond acceptors (Lipinski definition) is 1. The Morgan fingerprint density at radius 3 is 2.68 bits per heavy atom. The van der Waals surface area contributed by atoms with E-state index in [-0.39, 0.29) is 11.7 Å². The van der Waals surface area contributed by atoms with Crippen LogP contribution in [0.3, 0.4) is 0 Å². The molecule has 0 spiro atoms. The first-order chi connectivity index (χ1) is 9.15. The lowest BCUT2D eigenvalue weighted by Gasteiger charge is -2.25. The molecular weight excluding hydrogens is 245 g/mol. The number of carboxylic acids is 1. The maximum atomic E-state index is 13.1. The molecule has 1 aliphatic rings. The largest absolute Gasteiger partial charge is 0.481 e. The molecule has 1 aromatic carbocycles. The number of carbonyl (C=O) groups is 1. The van der Waals surface area contributed by atoms with Crippen molar-refractivity contribution < 1.29 is 14.3 Å². The number of aromatic amines is 1. The standard InChI is InChI=1S/C15H16FNO2/c16-11-5-6-12-13(8-17-14(12)7-11)9-1-3-10(4-2-9)15(18)19/h5-10,17H,1-4H2,(H,18,19). The van der Waals surface area contributed by atoms with Crippen LogP contribution in [0.15, 0.2) is 24.4 Å². The van der Waals surface area contributed by atoms with E-state index in [4.69, 9.17) is 5.11 Å². The minimum Gasteiger partial charge on any atom is -0.481 e. The summed E-state index contributed by atoms with van der Waals surface area (Å²) in [5.74, 6) is -0.733. The second-order valence-electron chi connectivity index (χ2n) is 5.32. The van der Waals surface area contributed by atoms with E-state index in [9.17, 15) is 9.18 Å². The third kappa shape index (κ3) is 2.23. The molecular formula is C15H16FNO2. The minimum atomic E-state index is -0.681. The topological polar surface area (TPSA) is 53.1 Å². The summed E-state index contributed by atoms with van der Waals surface area (Å²) >= 11 is 0. The summed E-state index contributed by atoms with van der Waals surface area (Å²) in [5.41, 5.74) is 2.01. The van der Waals surface area contributed by atoms with Crippen molar-refractivity contribution in [3.63, 3.8) is 0 Å². The minimum absolute atomic E-state index is 0.195. The normalized spacial score (nSPS) is 23.6. The average Bonchev–Trinajstić information content (AvgIpc) is 2.81. The molecule has 4 heteroatoms. The molecule has 1 aliphatic carbocycles. The van der Waals surface area contributed by atoms with E-state index in [0.29, 0.717) is 5.92 Å². The van der Waals surface area contributed by atoms with E-state index in [2.05, 4.69) is 4.98 Å². The fourth-order valence-electron chi connectivity index (χ4n) is 3.11. The molecule has 0 amide bonds. The first kappa shape index (κ1) is 12.2. The zero-order valence-electron chi connectivity index (χ0n) is 10.5. The average molecular weight is 261 g/mol. The molecule has 1 heterocycles. The molecule has 1 fully saturated rings. The molecule has 19 heavy (non-hydrogen) atoms. The van der Waals surface area contributed by atoms with E-state index >= 15 is 0 Å². The molecule has 1 saturated carbocycles. The van der Waals surface area contributed by atoms with Crippen molar-refractivity contribution in [3.05, 3.63) is 35.8 Å². The Balaban J connectivity index is 1.84. The molecule has 0 radical (unpaired) electrons. The van der Waals surface area contributed by atoms with Crippen LogP contribution >= 0.6 is 0 Å². The first-order valence-corrected chi connectivity index (χ1v) is 6.64. The Morgan fingerprint density at radius 1 is 1.26 bits per heavy atom. The highest BCUT2D eigenvalue weighted by molar-refractivity contribution is 5.83. The van der Waals surface area contributed by atoms with Gasteiger partial charge < -0.3 is 10.1 Å². The predicted molar refractivity (Wildman–Crippen MR) is 70.6 cm³/mol. The van der Waals surface area contributed by atoms with Crippen molar-refractivity contribution in [3.8, 4) is 0 Å².